The lowest BCUT2D eigenvalue weighted by atomic mass is 9.42. The molecule has 26 heavy (non-hydrogen) atoms. The summed E-state index contributed by atoms with van der Waals surface area (Å²) in [5.74, 6) is 0.736. The standard InChI is InChI=1S/C20H29N3O3/c1-2-18-5-14-6-19(11-18,13-20(26,7-14)12-18)17(25)22-9-15-8-21-23(3-4-24)16(15)10-22/h8,14,24,26H,2-7,9-13H2,1H3/t14-,18-,19+,20+/m0/s1. The molecule has 1 aromatic heterocycles. The average Bonchev–Trinajstić information content (AvgIpc) is 3.14. The molecule has 0 unspecified atom stereocenters. The summed E-state index contributed by atoms with van der Waals surface area (Å²) in [6.07, 6.45) is 8.39. The zero-order chi connectivity index (χ0) is 18.2. The van der Waals surface area contributed by atoms with E-state index >= 15 is 0 Å². The first kappa shape index (κ1) is 16.8. The van der Waals surface area contributed by atoms with Crippen LogP contribution in [0, 0.1) is 16.7 Å². The van der Waals surface area contributed by atoms with Gasteiger partial charge in [-0.05, 0) is 49.9 Å². The molecule has 0 saturated heterocycles. The SMILES string of the molecule is CC[C@@]12C[C@@H]3C[C@@](O)(C1)C[C@@](C(=O)N1Cc4cnn(CCO)c4C1)(C3)C2. The number of rotatable bonds is 4. The zero-order valence-corrected chi connectivity index (χ0v) is 15.6. The van der Waals surface area contributed by atoms with E-state index in [2.05, 4.69) is 12.0 Å². The van der Waals surface area contributed by atoms with Crippen LogP contribution in [0.25, 0.3) is 0 Å². The van der Waals surface area contributed by atoms with Gasteiger partial charge < -0.3 is 15.1 Å². The predicted molar refractivity (Wildman–Crippen MR) is 94.9 cm³/mol. The van der Waals surface area contributed by atoms with Gasteiger partial charge in [0.2, 0.25) is 5.91 Å². The number of hydrogen-bond acceptors (Lipinski definition) is 4. The average molecular weight is 359 g/mol. The molecule has 4 aliphatic carbocycles. The van der Waals surface area contributed by atoms with Crippen LogP contribution in [0.2, 0.25) is 0 Å². The maximum Gasteiger partial charge on any atom is 0.229 e. The molecule has 6 nitrogen and oxygen atoms in total. The molecule has 4 saturated carbocycles. The molecule has 142 valence electrons. The second-order valence-corrected chi connectivity index (χ2v) is 9.59. The summed E-state index contributed by atoms with van der Waals surface area (Å²) in [6, 6.07) is 0. The van der Waals surface area contributed by atoms with Crippen molar-refractivity contribution in [2.75, 3.05) is 6.61 Å². The molecule has 2 heterocycles. The van der Waals surface area contributed by atoms with E-state index in [0.29, 0.717) is 32.0 Å². The van der Waals surface area contributed by atoms with Crippen LogP contribution in [0.15, 0.2) is 6.20 Å². The van der Waals surface area contributed by atoms with Crippen molar-refractivity contribution in [2.45, 2.75) is 77.1 Å². The summed E-state index contributed by atoms with van der Waals surface area (Å²) in [5.41, 5.74) is 1.31. The van der Waals surface area contributed by atoms with Crippen molar-refractivity contribution < 1.29 is 15.0 Å². The number of nitrogens with zero attached hydrogens (tertiary/aromatic N) is 3. The van der Waals surface area contributed by atoms with Crippen molar-refractivity contribution in [1.82, 2.24) is 14.7 Å². The molecule has 0 radical (unpaired) electrons. The Labute approximate surface area is 154 Å². The molecule has 4 bridgehead atoms. The molecule has 1 aromatic rings. The monoisotopic (exact) mass is 359 g/mol. The van der Waals surface area contributed by atoms with Gasteiger partial charge in [0.05, 0.1) is 42.6 Å². The molecule has 1 amide bonds. The number of aliphatic hydroxyl groups is 2. The van der Waals surface area contributed by atoms with Gasteiger partial charge in [0.15, 0.2) is 0 Å². The summed E-state index contributed by atoms with van der Waals surface area (Å²) >= 11 is 0. The Morgan fingerprint density at radius 2 is 2.12 bits per heavy atom. The molecule has 0 spiro atoms. The fraction of sp³-hybridized carbons (Fsp3) is 0.800. The maximum atomic E-state index is 13.7. The van der Waals surface area contributed by atoms with Crippen molar-refractivity contribution in [1.29, 1.82) is 0 Å². The molecule has 5 aliphatic rings. The molecular weight excluding hydrogens is 330 g/mol. The lowest BCUT2D eigenvalue weighted by molar-refractivity contribution is -0.210. The van der Waals surface area contributed by atoms with Crippen LogP contribution in [0.1, 0.15) is 63.1 Å². The van der Waals surface area contributed by atoms with Crippen molar-refractivity contribution in [3.63, 3.8) is 0 Å². The Bertz CT molecular complexity index is 761. The predicted octanol–water partition coefficient (Wildman–Crippen LogP) is 1.83. The van der Waals surface area contributed by atoms with Crippen molar-refractivity contribution >= 4 is 5.91 Å². The smallest absolute Gasteiger partial charge is 0.229 e. The van der Waals surface area contributed by atoms with Gasteiger partial charge >= 0.3 is 0 Å². The van der Waals surface area contributed by atoms with Crippen LogP contribution < -0.4 is 0 Å². The summed E-state index contributed by atoms with van der Waals surface area (Å²) in [7, 11) is 0. The zero-order valence-electron chi connectivity index (χ0n) is 15.6. The first-order valence-electron chi connectivity index (χ1n) is 10.1. The number of hydrogen-bond donors (Lipinski definition) is 2. The molecule has 1 aliphatic heterocycles. The van der Waals surface area contributed by atoms with Gasteiger partial charge in [-0.25, -0.2) is 0 Å². The number of carbonyl (C=O) groups is 1. The minimum absolute atomic E-state index is 0.0553. The molecule has 4 fully saturated rings. The Morgan fingerprint density at radius 1 is 1.27 bits per heavy atom. The largest absolute Gasteiger partial charge is 0.394 e. The third-order valence-electron chi connectivity index (χ3n) is 7.69. The molecule has 0 aromatic carbocycles. The Morgan fingerprint density at radius 3 is 2.85 bits per heavy atom. The highest BCUT2D eigenvalue weighted by molar-refractivity contribution is 5.84. The van der Waals surface area contributed by atoms with Crippen LogP contribution in [-0.2, 0) is 24.4 Å². The number of amides is 1. The maximum absolute atomic E-state index is 13.7. The number of aliphatic hydroxyl groups excluding tert-OH is 1. The van der Waals surface area contributed by atoms with Gasteiger partial charge in [0.1, 0.15) is 0 Å². The van der Waals surface area contributed by atoms with E-state index in [9.17, 15) is 15.0 Å². The number of aromatic nitrogens is 2. The highest BCUT2D eigenvalue weighted by Gasteiger charge is 2.65. The highest BCUT2D eigenvalue weighted by Crippen LogP contribution is 2.68. The summed E-state index contributed by atoms with van der Waals surface area (Å²) in [4.78, 5) is 15.6. The summed E-state index contributed by atoms with van der Waals surface area (Å²) in [5, 5.41) is 24.7. The molecule has 2 N–H and O–H groups in total. The summed E-state index contributed by atoms with van der Waals surface area (Å²) in [6.45, 7) is 3.95. The lowest BCUT2D eigenvalue weighted by Gasteiger charge is -2.64. The van der Waals surface area contributed by atoms with Crippen LogP contribution in [0.5, 0.6) is 0 Å². The fourth-order valence-electron chi connectivity index (χ4n) is 7.19. The van der Waals surface area contributed by atoms with Crippen LogP contribution in [-0.4, -0.2) is 43.0 Å². The van der Waals surface area contributed by atoms with Crippen LogP contribution in [0.4, 0.5) is 0 Å². The van der Waals surface area contributed by atoms with E-state index in [1.54, 1.807) is 0 Å². The minimum atomic E-state index is -0.634. The van der Waals surface area contributed by atoms with Crippen molar-refractivity contribution in [2.24, 2.45) is 16.7 Å². The second kappa shape index (κ2) is 5.32. The normalized spacial score (nSPS) is 40.3. The minimum Gasteiger partial charge on any atom is -0.394 e. The van der Waals surface area contributed by atoms with Gasteiger partial charge in [-0.15, -0.1) is 0 Å². The molecule has 6 rings (SSSR count). The van der Waals surface area contributed by atoms with Crippen molar-refractivity contribution in [3.05, 3.63) is 17.5 Å². The van der Waals surface area contributed by atoms with Gasteiger partial charge in [-0.2, -0.15) is 5.10 Å². The number of carbonyl (C=O) groups excluding carboxylic acids is 1. The van der Waals surface area contributed by atoms with E-state index in [1.807, 2.05) is 15.8 Å². The number of fused-ring (bicyclic) bond motifs is 1. The van der Waals surface area contributed by atoms with E-state index in [4.69, 9.17) is 0 Å². The Kier molecular flexibility index (Phi) is 3.43. The molecule has 4 atom stereocenters. The summed E-state index contributed by atoms with van der Waals surface area (Å²) < 4.78 is 1.82. The highest BCUT2D eigenvalue weighted by atomic mass is 16.3. The van der Waals surface area contributed by atoms with E-state index in [-0.39, 0.29) is 23.3 Å². The Balaban J connectivity index is 1.42. The van der Waals surface area contributed by atoms with Gasteiger partial charge in [-0.1, -0.05) is 13.3 Å². The van der Waals surface area contributed by atoms with Crippen LogP contribution >= 0.6 is 0 Å². The van der Waals surface area contributed by atoms with Crippen molar-refractivity contribution in [3.8, 4) is 0 Å². The first-order valence-corrected chi connectivity index (χ1v) is 10.1. The Hall–Kier alpha value is -1.40. The topological polar surface area (TPSA) is 78.6 Å². The lowest BCUT2D eigenvalue weighted by Crippen LogP contribution is -2.63. The second-order valence-electron chi connectivity index (χ2n) is 9.59. The van der Waals surface area contributed by atoms with Gasteiger partial charge in [-0.3, -0.25) is 9.48 Å². The van der Waals surface area contributed by atoms with Gasteiger partial charge in [0.25, 0.3) is 0 Å². The third kappa shape index (κ3) is 2.24. The first-order chi connectivity index (χ1) is 12.4. The van der Waals surface area contributed by atoms with Gasteiger partial charge in [0, 0.05) is 12.1 Å². The van der Waals surface area contributed by atoms with Crippen LogP contribution in [0.3, 0.4) is 0 Å². The quantitative estimate of drug-likeness (QED) is 0.860. The van der Waals surface area contributed by atoms with E-state index in [0.717, 1.165) is 43.4 Å². The third-order valence-corrected chi connectivity index (χ3v) is 7.69. The fourth-order valence-corrected chi connectivity index (χ4v) is 7.19. The van der Waals surface area contributed by atoms with E-state index in [1.165, 1.54) is 6.42 Å². The molecular formula is C20H29N3O3. The molecule has 6 heteroatoms. The van der Waals surface area contributed by atoms with E-state index < -0.39 is 5.60 Å².